The number of ether oxygens (including phenoxy) is 2. The van der Waals surface area contributed by atoms with Crippen molar-refractivity contribution >= 4 is 29.4 Å². The maximum absolute atomic E-state index is 14.2. The summed E-state index contributed by atoms with van der Waals surface area (Å²) >= 11 is 0. The Balaban J connectivity index is 1.39. The van der Waals surface area contributed by atoms with Gasteiger partial charge in [0, 0.05) is 62.4 Å². The van der Waals surface area contributed by atoms with E-state index in [2.05, 4.69) is 25.5 Å². The number of hydrogen-bond acceptors (Lipinski definition) is 10. The molecule has 2 aliphatic rings. The molecule has 5 rings (SSSR count). The number of aromatic nitrogens is 4. The van der Waals surface area contributed by atoms with Crippen LogP contribution in [0.15, 0.2) is 24.4 Å². The molecule has 0 atom stereocenters. The molecule has 15 heteroatoms. The first-order valence-corrected chi connectivity index (χ1v) is 15.7. The predicted octanol–water partition coefficient (Wildman–Crippen LogP) is 5.04. The highest BCUT2D eigenvalue weighted by Crippen LogP contribution is 2.39. The first-order chi connectivity index (χ1) is 22.2. The number of esters is 1. The van der Waals surface area contributed by atoms with Crippen molar-refractivity contribution in [1.29, 1.82) is 0 Å². The highest BCUT2D eigenvalue weighted by Gasteiger charge is 2.36. The summed E-state index contributed by atoms with van der Waals surface area (Å²) in [6.45, 7) is 10.2. The Morgan fingerprint density at radius 1 is 1.04 bits per heavy atom. The molecule has 0 spiro atoms. The lowest BCUT2D eigenvalue weighted by atomic mass is 9.93. The first kappa shape index (κ1) is 33.9. The highest BCUT2D eigenvalue weighted by atomic mass is 19.4. The number of carbonyl (C=O) groups excluding carboxylic acids is 2. The second kappa shape index (κ2) is 13.8. The number of halogens is 3. The first-order valence-electron chi connectivity index (χ1n) is 15.7. The van der Waals surface area contributed by atoms with E-state index in [0.29, 0.717) is 81.2 Å². The molecular formula is C32H41F3N8O4. The van der Waals surface area contributed by atoms with Crippen LogP contribution in [0, 0.1) is 0 Å². The molecule has 1 aliphatic heterocycles. The monoisotopic (exact) mass is 658 g/mol. The van der Waals surface area contributed by atoms with Crippen LogP contribution in [0.2, 0.25) is 0 Å². The van der Waals surface area contributed by atoms with E-state index >= 15 is 0 Å². The molecule has 2 aromatic heterocycles. The van der Waals surface area contributed by atoms with Gasteiger partial charge in [-0.2, -0.15) is 18.3 Å². The number of carbonyl (C=O) groups is 2. The largest absolute Gasteiger partial charge is 0.461 e. The molecule has 0 radical (unpaired) electrons. The van der Waals surface area contributed by atoms with Gasteiger partial charge in [0.2, 0.25) is 5.95 Å². The molecule has 3 heterocycles. The zero-order chi connectivity index (χ0) is 33.9. The molecule has 1 aromatic carbocycles. The second-order valence-corrected chi connectivity index (χ2v) is 12.6. The number of nitrogens with zero attached hydrogens (tertiary/aromatic N) is 6. The van der Waals surface area contributed by atoms with Crippen LogP contribution in [0.4, 0.5) is 35.3 Å². The lowest BCUT2D eigenvalue weighted by Gasteiger charge is -2.35. The van der Waals surface area contributed by atoms with Crippen LogP contribution in [-0.4, -0.2) is 88.7 Å². The van der Waals surface area contributed by atoms with E-state index in [0.717, 1.165) is 11.6 Å². The van der Waals surface area contributed by atoms with Crippen LogP contribution in [0.25, 0.3) is 11.4 Å². The van der Waals surface area contributed by atoms with Gasteiger partial charge in [-0.15, -0.1) is 0 Å². The molecule has 1 amide bonds. The van der Waals surface area contributed by atoms with Crippen LogP contribution in [0.5, 0.6) is 0 Å². The van der Waals surface area contributed by atoms with Crippen molar-refractivity contribution < 1.29 is 32.2 Å². The molecule has 254 valence electrons. The van der Waals surface area contributed by atoms with Crippen molar-refractivity contribution in [2.75, 3.05) is 56.6 Å². The Kier molecular flexibility index (Phi) is 9.94. The Labute approximate surface area is 271 Å². The molecule has 47 heavy (non-hydrogen) atoms. The lowest BCUT2D eigenvalue weighted by Crippen LogP contribution is -2.45. The summed E-state index contributed by atoms with van der Waals surface area (Å²) in [5.41, 5.74) is 1.75. The standard InChI is InChI=1S/C32H41F3N8O4/c1-6-46-28(44)27-22-10-8-20-19-37-29(39-25(20)26(22)40-43(27)13-7-12-36-30(45)47-31(2,3)4)38-21-9-11-24(23(18-21)32(33,34)35)42-16-14-41(5)15-17-42/h9,11,18-19H,6-8,10,12-17H2,1-5H3,(H,36,45)(H,37,38,39). The zero-order valence-electron chi connectivity index (χ0n) is 27.3. The highest BCUT2D eigenvalue weighted by molar-refractivity contribution is 5.92. The average Bonchev–Trinajstić information content (AvgIpc) is 3.38. The van der Waals surface area contributed by atoms with Crippen LogP contribution < -0.4 is 15.5 Å². The molecule has 1 fully saturated rings. The second-order valence-electron chi connectivity index (χ2n) is 12.6. The number of fused-ring (bicyclic) bond motifs is 3. The minimum atomic E-state index is -4.55. The maximum Gasteiger partial charge on any atom is 0.418 e. The van der Waals surface area contributed by atoms with E-state index in [-0.39, 0.29) is 23.9 Å². The van der Waals surface area contributed by atoms with E-state index in [1.54, 1.807) is 49.5 Å². The number of likely N-dealkylation sites (N-methyl/N-ethyl adjacent to an activating group) is 1. The number of rotatable bonds is 9. The molecule has 1 saturated heterocycles. The van der Waals surface area contributed by atoms with Gasteiger partial charge >= 0.3 is 18.2 Å². The Hall–Kier alpha value is -4.40. The Morgan fingerprint density at radius 2 is 1.79 bits per heavy atom. The normalized spacial score (nSPS) is 15.1. The zero-order valence-corrected chi connectivity index (χ0v) is 27.3. The summed E-state index contributed by atoms with van der Waals surface area (Å²) in [5, 5.41) is 10.4. The summed E-state index contributed by atoms with van der Waals surface area (Å²) < 4.78 is 54.8. The van der Waals surface area contributed by atoms with Gasteiger partial charge in [0.05, 0.1) is 17.9 Å². The van der Waals surface area contributed by atoms with Crippen LogP contribution in [0.3, 0.4) is 0 Å². The molecular weight excluding hydrogens is 617 g/mol. The maximum atomic E-state index is 14.2. The number of hydrogen-bond donors (Lipinski definition) is 2. The molecule has 2 N–H and O–H groups in total. The lowest BCUT2D eigenvalue weighted by molar-refractivity contribution is -0.137. The average molecular weight is 659 g/mol. The van der Waals surface area contributed by atoms with Crippen molar-refractivity contribution in [2.45, 2.75) is 65.3 Å². The van der Waals surface area contributed by atoms with Crippen molar-refractivity contribution in [3.05, 3.63) is 46.8 Å². The van der Waals surface area contributed by atoms with Gasteiger partial charge in [-0.1, -0.05) is 0 Å². The number of piperazine rings is 1. The van der Waals surface area contributed by atoms with Gasteiger partial charge in [0.15, 0.2) is 0 Å². The summed E-state index contributed by atoms with van der Waals surface area (Å²) in [7, 11) is 1.95. The molecule has 3 aromatic rings. The van der Waals surface area contributed by atoms with E-state index < -0.39 is 29.4 Å². The van der Waals surface area contributed by atoms with Crippen LogP contribution in [0.1, 0.15) is 61.3 Å². The van der Waals surface area contributed by atoms with E-state index in [9.17, 15) is 22.8 Å². The third-order valence-electron chi connectivity index (χ3n) is 7.87. The number of alkyl halides is 3. The van der Waals surface area contributed by atoms with Crippen molar-refractivity contribution in [3.63, 3.8) is 0 Å². The smallest absolute Gasteiger partial charge is 0.418 e. The quantitative estimate of drug-likeness (QED) is 0.238. The van der Waals surface area contributed by atoms with Crippen LogP contribution >= 0.6 is 0 Å². The fourth-order valence-electron chi connectivity index (χ4n) is 5.66. The molecule has 0 saturated carbocycles. The van der Waals surface area contributed by atoms with E-state index in [1.807, 2.05) is 7.05 Å². The van der Waals surface area contributed by atoms with Crippen molar-refractivity contribution in [1.82, 2.24) is 30.0 Å². The summed E-state index contributed by atoms with van der Waals surface area (Å²) in [4.78, 5) is 38.0. The van der Waals surface area contributed by atoms with Gasteiger partial charge in [0.1, 0.15) is 17.0 Å². The van der Waals surface area contributed by atoms with Crippen LogP contribution in [-0.2, 0) is 35.0 Å². The van der Waals surface area contributed by atoms with E-state index in [1.165, 1.54) is 6.07 Å². The number of amides is 1. The summed E-state index contributed by atoms with van der Waals surface area (Å²) in [6, 6.07) is 4.16. The van der Waals surface area contributed by atoms with Crippen molar-refractivity contribution in [3.8, 4) is 11.4 Å². The van der Waals surface area contributed by atoms with Gasteiger partial charge in [0.25, 0.3) is 0 Å². The Morgan fingerprint density at radius 3 is 2.47 bits per heavy atom. The SMILES string of the molecule is CCOC(=O)c1c2c(nn1CCCNC(=O)OC(C)(C)C)-c1nc(Nc3ccc(N4CCN(C)CC4)c(C(F)(F)F)c3)ncc1CC2. The fourth-order valence-corrected chi connectivity index (χ4v) is 5.66. The van der Waals surface area contributed by atoms with Gasteiger partial charge < -0.3 is 29.9 Å². The third kappa shape index (κ3) is 8.13. The van der Waals surface area contributed by atoms with Gasteiger partial charge in [-0.25, -0.2) is 19.6 Å². The number of benzene rings is 1. The number of anilines is 3. The van der Waals surface area contributed by atoms with Crippen molar-refractivity contribution in [2.24, 2.45) is 0 Å². The topological polar surface area (TPSA) is 127 Å². The summed E-state index contributed by atoms with van der Waals surface area (Å²) in [5.74, 6) is -0.414. The molecule has 0 unspecified atom stereocenters. The van der Waals surface area contributed by atoms with Gasteiger partial charge in [-0.05, 0) is 77.8 Å². The number of aryl methyl sites for hydroxylation is 2. The van der Waals surface area contributed by atoms with Gasteiger partial charge in [-0.3, -0.25) is 4.68 Å². The predicted molar refractivity (Wildman–Crippen MR) is 170 cm³/mol. The minimum Gasteiger partial charge on any atom is -0.461 e. The Bertz CT molecular complexity index is 1610. The molecule has 1 aliphatic carbocycles. The fraction of sp³-hybridized carbons (Fsp3) is 0.531. The third-order valence-corrected chi connectivity index (χ3v) is 7.87. The molecule has 12 nitrogen and oxygen atoms in total. The minimum absolute atomic E-state index is 0.103. The number of alkyl carbamates (subject to hydrolysis) is 1. The molecule has 0 bridgehead atoms. The number of nitrogens with one attached hydrogen (secondary N) is 2. The summed E-state index contributed by atoms with van der Waals surface area (Å²) in [6.07, 6.45) is -1.96. The van der Waals surface area contributed by atoms with E-state index in [4.69, 9.17) is 14.6 Å².